The van der Waals surface area contributed by atoms with E-state index in [4.69, 9.17) is 10.5 Å². The summed E-state index contributed by atoms with van der Waals surface area (Å²) >= 11 is 0. The number of morpholine rings is 1. The number of hydrogen-bond donors (Lipinski definition) is 1. The number of benzene rings is 1. The topological polar surface area (TPSA) is 121 Å². The molecule has 0 radical (unpaired) electrons. The summed E-state index contributed by atoms with van der Waals surface area (Å²) in [5.41, 5.74) is 6.95. The van der Waals surface area contributed by atoms with E-state index >= 15 is 0 Å². The Balaban J connectivity index is 1.73. The van der Waals surface area contributed by atoms with E-state index in [2.05, 4.69) is 29.9 Å². The van der Waals surface area contributed by atoms with Crippen LogP contribution in [0.4, 0.5) is 20.7 Å². The van der Waals surface area contributed by atoms with Gasteiger partial charge in [-0.2, -0.15) is 15.0 Å². The molecule has 0 spiro atoms. The lowest BCUT2D eigenvalue weighted by atomic mass is 10.3. The van der Waals surface area contributed by atoms with E-state index in [1.54, 1.807) is 24.3 Å². The Hall–Kier alpha value is -3.80. The van der Waals surface area contributed by atoms with E-state index < -0.39 is 12.2 Å². The Bertz CT molecular complexity index is 1220. The number of anilines is 2. The summed E-state index contributed by atoms with van der Waals surface area (Å²) in [5.74, 6) is 0.279. The smallest absolute Gasteiger partial charge is 0.296 e. The Morgan fingerprint density at radius 3 is 2.39 bits per heavy atom. The zero-order valence-electron chi connectivity index (χ0n) is 16.2. The number of aromatic nitrogens is 7. The van der Waals surface area contributed by atoms with Gasteiger partial charge in [-0.3, -0.25) is 4.57 Å². The predicted octanol–water partition coefficient (Wildman–Crippen LogP) is 2.02. The highest BCUT2D eigenvalue weighted by Crippen LogP contribution is 2.28. The summed E-state index contributed by atoms with van der Waals surface area (Å²) in [6.45, 7) is 2.15. The van der Waals surface area contributed by atoms with E-state index in [0.29, 0.717) is 48.8 Å². The molecule has 4 aromatic rings. The Morgan fingerprint density at radius 1 is 0.935 bits per heavy atom. The molecule has 3 aromatic heterocycles. The maximum absolute atomic E-state index is 13.9. The molecule has 4 heterocycles. The lowest BCUT2D eigenvalue weighted by molar-refractivity contribution is 0.122. The fraction of sp³-hybridized carbons (Fsp3) is 0.263. The number of ether oxygens (including phenoxy) is 1. The number of nitrogens with zero attached hydrogens (tertiary/aromatic N) is 8. The average Bonchev–Trinajstić information content (AvgIpc) is 3.20. The van der Waals surface area contributed by atoms with Crippen LogP contribution in [-0.4, -0.2) is 60.8 Å². The van der Waals surface area contributed by atoms with E-state index in [9.17, 15) is 8.78 Å². The molecule has 12 heteroatoms. The highest BCUT2D eigenvalue weighted by Gasteiger charge is 2.24. The molecule has 2 N–H and O–H groups in total. The van der Waals surface area contributed by atoms with E-state index in [-0.39, 0.29) is 17.7 Å². The minimum Gasteiger partial charge on any atom is -0.378 e. The normalized spacial score (nSPS) is 14.5. The molecule has 0 amide bonds. The van der Waals surface area contributed by atoms with Gasteiger partial charge in [0.05, 0.1) is 29.8 Å². The largest absolute Gasteiger partial charge is 0.378 e. The first-order valence-electron chi connectivity index (χ1n) is 9.53. The molecule has 0 saturated carbocycles. The highest BCUT2D eigenvalue weighted by atomic mass is 19.3. The standard InChI is InChI=1S/C19H17F2N9O/c20-14(21)16-25-12-3-1-2-4-13(12)30(16)19-27-15(11-9-23-17(22)24-10-11)26-18(28-19)29-5-7-31-8-6-29/h1-4,9-10,14H,5-8H2,(H2,22,23,24). The van der Waals surface area contributed by atoms with Crippen molar-refractivity contribution in [3.63, 3.8) is 0 Å². The van der Waals surface area contributed by atoms with Gasteiger partial charge < -0.3 is 15.4 Å². The average molecular weight is 425 g/mol. The van der Waals surface area contributed by atoms with Gasteiger partial charge in [-0.25, -0.2) is 23.7 Å². The van der Waals surface area contributed by atoms with Crippen molar-refractivity contribution in [1.29, 1.82) is 0 Å². The van der Waals surface area contributed by atoms with Crippen LogP contribution < -0.4 is 10.6 Å². The number of alkyl halides is 2. The van der Waals surface area contributed by atoms with Crippen LogP contribution in [0.1, 0.15) is 12.2 Å². The molecule has 5 rings (SSSR count). The second-order valence-electron chi connectivity index (χ2n) is 6.78. The number of rotatable bonds is 4. The first-order valence-corrected chi connectivity index (χ1v) is 9.53. The van der Waals surface area contributed by atoms with Gasteiger partial charge in [0.25, 0.3) is 6.43 Å². The molecule has 31 heavy (non-hydrogen) atoms. The molecule has 0 bridgehead atoms. The molecular weight excluding hydrogens is 408 g/mol. The number of hydrogen-bond acceptors (Lipinski definition) is 9. The molecule has 10 nitrogen and oxygen atoms in total. The lowest BCUT2D eigenvalue weighted by Gasteiger charge is -2.27. The Morgan fingerprint density at radius 2 is 1.65 bits per heavy atom. The number of halogens is 2. The van der Waals surface area contributed by atoms with Crippen molar-refractivity contribution >= 4 is 22.9 Å². The minimum absolute atomic E-state index is 0.0346. The number of fused-ring (bicyclic) bond motifs is 1. The van der Waals surface area contributed by atoms with Crippen LogP contribution in [0.3, 0.4) is 0 Å². The Kier molecular flexibility index (Phi) is 4.82. The van der Waals surface area contributed by atoms with Crippen LogP contribution in [0.2, 0.25) is 0 Å². The fourth-order valence-corrected chi connectivity index (χ4v) is 3.34. The lowest BCUT2D eigenvalue weighted by Crippen LogP contribution is -2.37. The molecule has 0 unspecified atom stereocenters. The third kappa shape index (κ3) is 3.61. The quantitative estimate of drug-likeness (QED) is 0.523. The van der Waals surface area contributed by atoms with Crippen LogP contribution in [0, 0.1) is 0 Å². The molecule has 0 aliphatic carbocycles. The zero-order chi connectivity index (χ0) is 21.4. The first-order chi connectivity index (χ1) is 15.1. The molecular formula is C19H17F2N9O. The molecule has 1 aliphatic rings. The van der Waals surface area contributed by atoms with Gasteiger partial charge in [-0.1, -0.05) is 12.1 Å². The third-order valence-corrected chi connectivity index (χ3v) is 4.82. The third-order valence-electron chi connectivity index (χ3n) is 4.82. The first kappa shape index (κ1) is 19.2. The van der Waals surface area contributed by atoms with Gasteiger partial charge in [0, 0.05) is 25.5 Å². The Labute approximate surface area is 174 Å². The summed E-state index contributed by atoms with van der Waals surface area (Å²) in [5, 5.41) is 0. The van der Waals surface area contributed by atoms with Gasteiger partial charge in [-0.05, 0) is 12.1 Å². The molecule has 158 valence electrons. The molecule has 0 atom stereocenters. The van der Waals surface area contributed by atoms with Gasteiger partial charge in [0.2, 0.25) is 17.8 Å². The number of para-hydroxylation sites is 2. The zero-order valence-corrected chi connectivity index (χ0v) is 16.2. The van der Waals surface area contributed by atoms with Crippen molar-refractivity contribution in [2.45, 2.75) is 6.43 Å². The van der Waals surface area contributed by atoms with Crippen molar-refractivity contribution in [2.24, 2.45) is 0 Å². The van der Waals surface area contributed by atoms with E-state index in [1.807, 2.05) is 4.90 Å². The minimum atomic E-state index is -2.82. The number of imidazole rings is 1. The second-order valence-corrected chi connectivity index (χ2v) is 6.78. The van der Waals surface area contributed by atoms with Crippen LogP contribution in [0.25, 0.3) is 28.4 Å². The number of nitrogen functional groups attached to an aromatic ring is 1. The van der Waals surface area contributed by atoms with Crippen molar-refractivity contribution in [3.05, 3.63) is 42.5 Å². The summed E-state index contributed by atoms with van der Waals surface area (Å²) in [4.78, 5) is 27.4. The van der Waals surface area contributed by atoms with Crippen LogP contribution in [0.15, 0.2) is 36.7 Å². The highest BCUT2D eigenvalue weighted by molar-refractivity contribution is 5.77. The van der Waals surface area contributed by atoms with Gasteiger partial charge in [0.15, 0.2) is 11.6 Å². The SMILES string of the molecule is Nc1ncc(-c2nc(N3CCOCC3)nc(-n3c(C(F)F)nc4ccccc43)n2)cn1. The monoisotopic (exact) mass is 425 g/mol. The molecule has 1 saturated heterocycles. The maximum Gasteiger partial charge on any atom is 0.296 e. The number of nitrogens with two attached hydrogens (primary N) is 1. The molecule has 1 aliphatic heterocycles. The fourth-order valence-electron chi connectivity index (χ4n) is 3.34. The van der Waals surface area contributed by atoms with Crippen LogP contribution >= 0.6 is 0 Å². The molecule has 1 fully saturated rings. The van der Waals surface area contributed by atoms with Crippen LogP contribution in [0.5, 0.6) is 0 Å². The second kappa shape index (κ2) is 7.80. The summed E-state index contributed by atoms with van der Waals surface area (Å²) in [6.07, 6.45) is 0.133. The van der Waals surface area contributed by atoms with Crippen molar-refractivity contribution in [3.8, 4) is 17.3 Å². The van der Waals surface area contributed by atoms with Gasteiger partial charge >= 0.3 is 0 Å². The molecule has 1 aromatic carbocycles. The summed E-state index contributed by atoms with van der Waals surface area (Å²) in [7, 11) is 0. The summed E-state index contributed by atoms with van der Waals surface area (Å²) < 4.78 is 34.4. The predicted molar refractivity (Wildman–Crippen MR) is 108 cm³/mol. The van der Waals surface area contributed by atoms with Crippen molar-refractivity contribution in [1.82, 2.24) is 34.5 Å². The van der Waals surface area contributed by atoms with Gasteiger partial charge in [-0.15, -0.1) is 0 Å². The van der Waals surface area contributed by atoms with Crippen molar-refractivity contribution in [2.75, 3.05) is 36.9 Å². The van der Waals surface area contributed by atoms with Gasteiger partial charge in [0.1, 0.15) is 0 Å². The van der Waals surface area contributed by atoms with Crippen molar-refractivity contribution < 1.29 is 13.5 Å². The van der Waals surface area contributed by atoms with E-state index in [1.165, 1.54) is 17.0 Å². The summed E-state index contributed by atoms with van der Waals surface area (Å²) in [6, 6.07) is 6.84. The maximum atomic E-state index is 13.9. The van der Waals surface area contributed by atoms with Crippen LogP contribution in [-0.2, 0) is 4.74 Å². The van der Waals surface area contributed by atoms with E-state index in [0.717, 1.165) is 0 Å².